The summed E-state index contributed by atoms with van der Waals surface area (Å²) in [5, 5.41) is 22.7. The van der Waals surface area contributed by atoms with Gasteiger partial charge in [0.2, 0.25) is 0 Å². The monoisotopic (exact) mass is 313 g/mol. The fraction of sp³-hybridized carbons (Fsp3) is 0.571. The number of phenolic OH excluding ortho intramolecular Hbond substituents is 1. The number of nitrogens with one attached hydrogen (secondary N) is 1. The van der Waals surface area contributed by atoms with Gasteiger partial charge >= 0.3 is 0 Å². The molecule has 0 saturated heterocycles. The van der Waals surface area contributed by atoms with E-state index >= 15 is 0 Å². The minimum absolute atomic E-state index is 0.0876. The van der Waals surface area contributed by atoms with Crippen LogP contribution in [-0.4, -0.2) is 22.9 Å². The van der Waals surface area contributed by atoms with Gasteiger partial charge < -0.3 is 15.5 Å². The highest BCUT2D eigenvalue weighted by Gasteiger charge is 2.18. The first kappa shape index (κ1) is 13.8. The van der Waals surface area contributed by atoms with Crippen molar-refractivity contribution in [1.82, 2.24) is 5.32 Å². The summed E-state index contributed by atoms with van der Waals surface area (Å²) in [6, 6.07) is 5.69. The van der Waals surface area contributed by atoms with Gasteiger partial charge in [-0.25, -0.2) is 0 Å². The van der Waals surface area contributed by atoms with Crippen LogP contribution in [0.25, 0.3) is 0 Å². The largest absolute Gasteiger partial charge is 0.506 e. The smallest absolute Gasteiger partial charge is 0.134 e. The van der Waals surface area contributed by atoms with Crippen LogP contribution in [0.15, 0.2) is 22.7 Å². The summed E-state index contributed by atoms with van der Waals surface area (Å²) in [4.78, 5) is 0. The first-order valence-corrected chi connectivity index (χ1v) is 7.31. The summed E-state index contributed by atoms with van der Waals surface area (Å²) in [6.45, 7) is 1.64. The molecule has 1 saturated carbocycles. The molecule has 18 heavy (non-hydrogen) atoms. The van der Waals surface area contributed by atoms with Crippen molar-refractivity contribution in [3.8, 4) is 5.75 Å². The molecular weight excluding hydrogens is 294 g/mol. The van der Waals surface area contributed by atoms with E-state index in [0.29, 0.717) is 18.2 Å². The number of hydrogen-bond acceptors (Lipinski definition) is 3. The third-order valence-corrected chi connectivity index (χ3v) is 4.27. The lowest BCUT2D eigenvalue weighted by Gasteiger charge is -2.25. The maximum absolute atomic E-state index is 9.85. The molecule has 0 bridgehead atoms. The molecular formula is C14H20BrNO2. The number of hydrogen-bond donors (Lipinski definition) is 3. The number of benzene rings is 1. The maximum Gasteiger partial charge on any atom is 0.134 e. The minimum Gasteiger partial charge on any atom is -0.506 e. The quantitative estimate of drug-likeness (QED) is 0.801. The molecule has 2 rings (SSSR count). The lowest BCUT2D eigenvalue weighted by atomic mass is 9.87. The number of para-hydroxylation sites is 1. The third-order valence-electron chi connectivity index (χ3n) is 3.64. The predicted octanol–water partition coefficient (Wildman–Crippen LogP) is 2.80. The summed E-state index contributed by atoms with van der Waals surface area (Å²) >= 11 is 3.32. The van der Waals surface area contributed by atoms with Crippen LogP contribution < -0.4 is 5.32 Å². The van der Waals surface area contributed by atoms with E-state index in [4.69, 9.17) is 0 Å². The normalized spacial score (nSPS) is 24.1. The molecule has 0 amide bonds. The molecule has 0 spiro atoms. The van der Waals surface area contributed by atoms with Crippen LogP contribution >= 0.6 is 15.9 Å². The van der Waals surface area contributed by atoms with E-state index in [2.05, 4.69) is 21.2 Å². The Morgan fingerprint density at radius 1 is 1.22 bits per heavy atom. The van der Waals surface area contributed by atoms with Gasteiger partial charge in [0.05, 0.1) is 10.6 Å². The molecule has 0 unspecified atom stereocenters. The van der Waals surface area contributed by atoms with Crippen molar-refractivity contribution in [3.05, 3.63) is 28.2 Å². The summed E-state index contributed by atoms with van der Waals surface area (Å²) in [5.41, 5.74) is 0.917. The molecule has 0 radical (unpaired) electrons. The van der Waals surface area contributed by atoms with E-state index in [1.54, 1.807) is 0 Å². The van der Waals surface area contributed by atoms with Gasteiger partial charge in [0.15, 0.2) is 0 Å². The molecule has 4 heteroatoms. The highest BCUT2D eigenvalue weighted by atomic mass is 79.9. The van der Waals surface area contributed by atoms with E-state index < -0.39 is 0 Å². The number of aliphatic hydroxyl groups is 1. The van der Waals surface area contributed by atoms with Crippen LogP contribution in [0, 0.1) is 5.92 Å². The molecule has 1 aromatic carbocycles. The van der Waals surface area contributed by atoms with Gasteiger partial charge in [-0.1, -0.05) is 12.1 Å². The highest BCUT2D eigenvalue weighted by molar-refractivity contribution is 9.10. The number of halogens is 1. The zero-order valence-corrected chi connectivity index (χ0v) is 12.0. The minimum atomic E-state index is -0.0876. The van der Waals surface area contributed by atoms with E-state index in [1.807, 2.05) is 18.2 Å². The fourth-order valence-corrected chi connectivity index (χ4v) is 2.87. The van der Waals surface area contributed by atoms with Crippen LogP contribution in [0.5, 0.6) is 5.75 Å². The molecule has 3 N–H and O–H groups in total. The van der Waals surface area contributed by atoms with E-state index in [0.717, 1.165) is 42.3 Å². The molecule has 100 valence electrons. The van der Waals surface area contributed by atoms with Crippen molar-refractivity contribution in [2.45, 2.75) is 38.3 Å². The van der Waals surface area contributed by atoms with Crippen LogP contribution in [0.4, 0.5) is 0 Å². The van der Waals surface area contributed by atoms with Crippen molar-refractivity contribution < 1.29 is 10.2 Å². The Balaban J connectivity index is 1.77. The Bertz CT molecular complexity index is 389. The summed E-state index contributed by atoms with van der Waals surface area (Å²) in [6.07, 6.45) is 3.95. The predicted molar refractivity (Wildman–Crippen MR) is 75.5 cm³/mol. The SMILES string of the molecule is Oc1c(Br)cccc1CNCC1CCC(O)CC1. The van der Waals surface area contributed by atoms with Crippen molar-refractivity contribution in [1.29, 1.82) is 0 Å². The standard InChI is InChI=1S/C14H20BrNO2/c15-13-3-1-2-11(14(13)18)9-16-8-10-4-6-12(17)7-5-10/h1-3,10,12,16-18H,4-9H2. The number of aliphatic hydroxyl groups excluding tert-OH is 1. The van der Waals surface area contributed by atoms with Crippen LogP contribution in [0.3, 0.4) is 0 Å². The van der Waals surface area contributed by atoms with E-state index in [9.17, 15) is 10.2 Å². The maximum atomic E-state index is 9.85. The van der Waals surface area contributed by atoms with Crippen LogP contribution in [-0.2, 0) is 6.54 Å². The second-order valence-corrected chi connectivity index (χ2v) is 5.91. The average Bonchev–Trinajstić information content (AvgIpc) is 2.37. The van der Waals surface area contributed by atoms with Gasteiger partial charge in [-0.3, -0.25) is 0 Å². The number of rotatable bonds is 4. The van der Waals surface area contributed by atoms with Gasteiger partial charge in [0.25, 0.3) is 0 Å². The molecule has 1 aromatic rings. The van der Waals surface area contributed by atoms with Crippen LogP contribution in [0.2, 0.25) is 0 Å². The van der Waals surface area contributed by atoms with Crippen molar-refractivity contribution >= 4 is 15.9 Å². The van der Waals surface area contributed by atoms with Crippen molar-refractivity contribution in [3.63, 3.8) is 0 Å². The Kier molecular flexibility index (Phi) is 5.03. The van der Waals surface area contributed by atoms with Crippen LogP contribution in [0.1, 0.15) is 31.2 Å². The first-order chi connectivity index (χ1) is 8.66. The summed E-state index contributed by atoms with van der Waals surface area (Å²) in [7, 11) is 0. The molecule has 1 fully saturated rings. The van der Waals surface area contributed by atoms with Gasteiger partial charge in [-0.05, 0) is 60.1 Å². The zero-order valence-electron chi connectivity index (χ0n) is 10.4. The molecule has 1 aliphatic rings. The molecule has 0 heterocycles. The fourth-order valence-electron chi connectivity index (χ4n) is 2.46. The van der Waals surface area contributed by atoms with Gasteiger partial charge in [-0.2, -0.15) is 0 Å². The molecule has 1 aliphatic carbocycles. The van der Waals surface area contributed by atoms with Gasteiger partial charge in [0, 0.05) is 12.1 Å². The van der Waals surface area contributed by atoms with Gasteiger partial charge in [0.1, 0.15) is 5.75 Å². The second-order valence-electron chi connectivity index (χ2n) is 5.05. The highest BCUT2D eigenvalue weighted by Crippen LogP contribution is 2.27. The number of phenols is 1. The lowest BCUT2D eigenvalue weighted by Crippen LogP contribution is -2.27. The molecule has 3 nitrogen and oxygen atoms in total. The van der Waals surface area contributed by atoms with E-state index in [-0.39, 0.29) is 6.10 Å². The summed E-state index contributed by atoms with van der Waals surface area (Å²) < 4.78 is 0.739. The Hall–Kier alpha value is -0.580. The zero-order chi connectivity index (χ0) is 13.0. The van der Waals surface area contributed by atoms with Gasteiger partial charge in [-0.15, -0.1) is 0 Å². The Morgan fingerprint density at radius 2 is 1.94 bits per heavy atom. The number of aromatic hydroxyl groups is 1. The van der Waals surface area contributed by atoms with Crippen molar-refractivity contribution in [2.24, 2.45) is 5.92 Å². The average molecular weight is 314 g/mol. The summed E-state index contributed by atoms with van der Waals surface area (Å²) in [5.74, 6) is 0.978. The Morgan fingerprint density at radius 3 is 2.67 bits per heavy atom. The van der Waals surface area contributed by atoms with E-state index in [1.165, 1.54) is 0 Å². The molecule has 0 atom stereocenters. The molecule has 0 aliphatic heterocycles. The Labute approximate surface area is 116 Å². The lowest BCUT2D eigenvalue weighted by molar-refractivity contribution is 0.108. The topological polar surface area (TPSA) is 52.5 Å². The first-order valence-electron chi connectivity index (χ1n) is 6.52. The van der Waals surface area contributed by atoms with Crippen molar-refractivity contribution in [2.75, 3.05) is 6.54 Å². The molecule has 0 aromatic heterocycles. The second kappa shape index (κ2) is 6.55. The third kappa shape index (κ3) is 3.70.